The zero-order chi connectivity index (χ0) is 25.2. The third-order valence-electron chi connectivity index (χ3n) is 10.2. The molecule has 1 aromatic heterocycles. The quantitative estimate of drug-likeness (QED) is 0.331. The van der Waals surface area contributed by atoms with Crippen molar-refractivity contribution in [3.63, 3.8) is 0 Å². The van der Waals surface area contributed by atoms with Gasteiger partial charge in [0.2, 0.25) is 0 Å². The SMILES string of the molecule is C[C@]12CC[C@H](O)CC1=CC[C@@H]1[C@@H]2CC[C@]2(C)C(c3nn(-c4ccc([N+](=O)[O-])cc4)cc3CO)=CC[C@@H]12. The zero-order valence-electron chi connectivity index (χ0n) is 21.1. The van der Waals surface area contributed by atoms with Gasteiger partial charge in [0.05, 0.1) is 29.0 Å². The van der Waals surface area contributed by atoms with Gasteiger partial charge in [-0.1, -0.05) is 31.6 Å². The maximum absolute atomic E-state index is 11.0. The van der Waals surface area contributed by atoms with Crippen molar-refractivity contribution in [2.24, 2.45) is 28.6 Å². The van der Waals surface area contributed by atoms with Gasteiger partial charge < -0.3 is 10.2 Å². The molecule has 0 saturated heterocycles. The first kappa shape index (κ1) is 23.6. The van der Waals surface area contributed by atoms with Crippen LogP contribution in [0.2, 0.25) is 0 Å². The smallest absolute Gasteiger partial charge is 0.269 e. The van der Waals surface area contributed by atoms with Crippen LogP contribution < -0.4 is 0 Å². The van der Waals surface area contributed by atoms with Crippen LogP contribution in [0.4, 0.5) is 5.69 Å². The lowest BCUT2D eigenvalue weighted by Crippen LogP contribution is -2.49. The fraction of sp³-hybridized carbons (Fsp3) is 0.552. The number of nitro groups is 1. The number of nitro benzene ring substituents is 1. The van der Waals surface area contributed by atoms with Crippen molar-refractivity contribution in [2.45, 2.75) is 71.5 Å². The molecule has 0 unspecified atom stereocenters. The monoisotopic (exact) mass is 489 g/mol. The second kappa shape index (κ2) is 8.38. The Balaban J connectivity index is 1.31. The molecule has 36 heavy (non-hydrogen) atoms. The summed E-state index contributed by atoms with van der Waals surface area (Å²) in [4.78, 5) is 10.6. The van der Waals surface area contributed by atoms with E-state index in [9.17, 15) is 20.3 Å². The predicted molar refractivity (Wildman–Crippen MR) is 137 cm³/mol. The van der Waals surface area contributed by atoms with Crippen LogP contribution in [0.25, 0.3) is 11.3 Å². The van der Waals surface area contributed by atoms with Gasteiger partial charge in [-0.3, -0.25) is 10.1 Å². The lowest BCUT2D eigenvalue weighted by molar-refractivity contribution is -0.384. The lowest BCUT2D eigenvalue weighted by Gasteiger charge is -2.57. The zero-order valence-corrected chi connectivity index (χ0v) is 21.1. The number of nitrogens with zero attached hydrogens (tertiary/aromatic N) is 3. The molecule has 6 atom stereocenters. The third-order valence-corrected chi connectivity index (χ3v) is 10.2. The summed E-state index contributed by atoms with van der Waals surface area (Å²) in [7, 11) is 0. The largest absolute Gasteiger partial charge is 0.393 e. The molecule has 0 amide bonds. The molecule has 2 N–H and O–H groups in total. The Kier molecular flexibility index (Phi) is 5.50. The van der Waals surface area contributed by atoms with Gasteiger partial charge in [-0.25, -0.2) is 4.68 Å². The van der Waals surface area contributed by atoms with Crippen LogP contribution in [0.3, 0.4) is 0 Å². The first-order valence-corrected chi connectivity index (χ1v) is 13.3. The molecule has 2 fully saturated rings. The van der Waals surface area contributed by atoms with Crippen LogP contribution in [0, 0.1) is 38.7 Å². The Labute approximate surface area is 211 Å². The maximum Gasteiger partial charge on any atom is 0.269 e. The van der Waals surface area contributed by atoms with Crippen molar-refractivity contribution in [1.29, 1.82) is 0 Å². The van der Waals surface area contributed by atoms with Crippen molar-refractivity contribution in [1.82, 2.24) is 9.78 Å². The summed E-state index contributed by atoms with van der Waals surface area (Å²) in [5.74, 6) is 1.82. The van der Waals surface area contributed by atoms with Crippen LogP contribution in [0.5, 0.6) is 0 Å². The number of aromatic nitrogens is 2. The Morgan fingerprint density at radius 1 is 1.08 bits per heavy atom. The van der Waals surface area contributed by atoms with Crippen LogP contribution in [-0.4, -0.2) is 31.0 Å². The summed E-state index contributed by atoms with van der Waals surface area (Å²) >= 11 is 0. The molecule has 190 valence electrons. The fourth-order valence-corrected chi connectivity index (χ4v) is 8.19. The number of benzene rings is 1. The van der Waals surface area contributed by atoms with Gasteiger partial charge in [-0.15, -0.1) is 0 Å². The highest BCUT2D eigenvalue weighted by molar-refractivity contribution is 5.72. The minimum atomic E-state index is -0.405. The van der Waals surface area contributed by atoms with Crippen LogP contribution >= 0.6 is 0 Å². The number of aliphatic hydroxyl groups excluding tert-OH is 2. The van der Waals surface area contributed by atoms with E-state index in [1.165, 1.54) is 29.7 Å². The minimum absolute atomic E-state index is 0.00955. The average Bonchev–Trinajstić information content (AvgIpc) is 3.45. The molecular formula is C29H35N3O4. The predicted octanol–water partition coefficient (Wildman–Crippen LogP) is 5.59. The Morgan fingerprint density at radius 3 is 2.56 bits per heavy atom. The van der Waals surface area contributed by atoms with Crippen LogP contribution in [-0.2, 0) is 6.61 Å². The van der Waals surface area contributed by atoms with E-state index in [4.69, 9.17) is 5.10 Å². The molecule has 1 heterocycles. The van der Waals surface area contributed by atoms with E-state index in [2.05, 4.69) is 26.0 Å². The van der Waals surface area contributed by atoms with Crippen LogP contribution in [0.15, 0.2) is 48.2 Å². The van der Waals surface area contributed by atoms with Crippen molar-refractivity contribution in [3.8, 4) is 5.69 Å². The summed E-state index contributed by atoms with van der Waals surface area (Å²) in [6.07, 6.45) is 13.7. The number of rotatable bonds is 4. The van der Waals surface area contributed by atoms with Gasteiger partial charge in [-0.05, 0) is 91.2 Å². The third kappa shape index (κ3) is 3.43. The maximum atomic E-state index is 11.0. The standard InChI is InChI=1S/C29H35N3O4/c1-28-13-11-22(34)15-19(28)3-8-23-24-9-10-26(29(24,2)14-12-25(23)28)27-18(17-33)16-31(30-27)20-4-6-21(7-5-20)32(35)36/h3-7,10,16,22-25,33-34H,8-9,11-15,17H2,1-2H3/t22-,23-,24-,25-,28-,29-/m0/s1. The molecule has 0 radical (unpaired) electrons. The Bertz CT molecular complexity index is 1260. The Hall–Kier alpha value is -2.77. The van der Waals surface area contributed by atoms with Crippen molar-refractivity contribution in [3.05, 3.63) is 69.6 Å². The first-order chi connectivity index (χ1) is 17.2. The molecule has 7 nitrogen and oxygen atoms in total. The number of hydrogen-bond acceptors (Lipinski definition) is 5. The lowest BCUT2D eigenvalue weighted by atomic mass is 9.47. The van der Waals surface area contributed by atoms with Crippen LogP contribution in [0.1, 0.15) is 70.1 Å². The van der Waals surface area contributed by atoms with Crippen molar-refractivity contribution in [2.75, 3.05) is 0 Å². The number of non-ortho nitro benzene ring substituents is 1. The second-order valence-electron chi connectivity index (χ2n) is 11.8. The normalized spacial score (nSPS) is 35.3. The highest BCUT2D eigenvalue weighted by Gasteiger charge is 2.57. The molecule has 4 aliphatic rings. The second-order valence-corrected chi connectivity index (χ2v) is 11.8. The van der Waals surface area contributed by atoms with E-state index in [1.54, 1.807) is 16.8 Å². The summed E-state index contributed by atoms with van der Waals surface area (Å²) in [5, 5.41) is 36.4. The summed E-state index contributed by atoms with van der Waals surface area (Å²) in [5.41, 5.74) is 5.39. The number of hydrogen-bond donors (Lipinski definition) is 2. The van der Waals surface area contributed by atoms with Crippen molar-refractivity contribution < 1.29 is 15.1 Å². The molecule has 7 heteroatoms. The molecule has 4 aliphatic carbocycles. The number of aliphatic hydroxyl groups is 2. The number of fused-ring (bicyclic) bond motifs is 5. The van der Waals surface area contributed by atoms with Gasteiger partial charge >= 0.3 is 0 Å². The highest BCUT2D eigenvalue weighted by atomic mass is 16.6. The minimum Gasteiger partial charge on any atom is -0.393 e. The van der Waals surface area contributed by atoms with Gasteiger partial charge in [-0.2, -0.15) is 5.10 Å². The summed E-state index contributed by atoms with van der Waals surface area (Å²) in [6, 6.07) is 6.36. The average molecular weight is 490 g/mol. The molecule has 0 aliphatic heterocycles. The topological polar surface area (TPSA) is 101 Å². The first-order valence-electron chi connectivity index (χ1n) is 13.3. The summed E-state index contributed by atoms with van der Waals surface area (Å²) in [6.45, 7) is 4.74. The van der Waals surface area contributed by atoms with Gasteiger partial charge in [0.25, 0.3) is 5.69 Å². The van der Waals surface area contributed by atoms with E-state index < -0.39 is 4.92 Å². The molecule has 1 aromatic carbocycles. The molecule has 0 spiro atoms. The van der Waals surface area contributed by atoms with Gasteiger partial charge in [0, 0.05) is 23.9 Å². The number of allylic oxidation sites excluding steroid dienone is 3. The molecule has 2 aromatic rings. The van der Waals surface area contributed by atoms with Gasteiger partial charge in [0.15, 0.2) is 0 Å². The highest BCUT2D eigenvalue weighted by Crippen LogP contribution is 2.66. The van der Waals surface area contributed by atoms with E-state index >= 15 is 0 Å². The molecule has 6 rings (SSSR count). The van der Waals surface area contributed by atoms with E-state index in [1.807, 2.05) is 6.20 Å². The van der Waals surface area contributed by atoms with Gasteiger partial charge in [0.1, 0.15) is 0 Å². The van der Waals surface area contributed by atoms with E-state index in [0.717, 1.165) is 55.5 Å². The Morgan fingerprint density at radius 2 is 1.83 bits per heavy atom. The van der Waals surface area contributed by atoms with E-state index in [0.29, 0.717) is 17.8 Å². The summed E-state index contributed by atoms with van der Waals surface area (Å²) < 4.78 is 1.73. The van der Waals surface area contributed by atoms with E-state index in [-0.39, 0.29) is 29.2 Å². The van der Waals surface area contributed by atoms with Crippen molar-refractivity contribution >= 4 is 11.3 Å². The molecule has 0 bridgehead atoms. The molecule has 2 saturated carbocycles. The fourth-order valence-electron chi connectivity index (χ4n) is 8.19. The molecular weight excluding hydrogens is 454 g/mol.